The van der Waals surface area contributed by atoms with E-state index in [4.69, 9.17) is 32.7 Å². The maximum atomic E-state index is 13.0. The van der Waals surface area contributed by atoms with Crippen molar-refractivity contribution < 1.29 is 23.5 Å². The average molecular weight is 372 g/mol. The zero-order valence-electron chi connectivity index (χ0n) is 12.4. The van der Waals surface area contributed by atoms with E-state index in [2.05, 4.69) is 5.32 Å². The first-order valence-electron chi connectivity index (χ1n) is 6.66. The van der Waals surface area contributed by atoms with Gasteiger partial charge in [0.15, 0.2) is 12.4 Å². The second-order valence-electron chi connectivity index (χ2n) is 4.61. The molecular weight excluding hydrogens is 360 g/mol. The van der Waals surface area contributed by atoms with Gasteiger partial charge in [-0.3, -0.25) is 4.79 Å². The summed E-state index contributed by atoms with van der Waals surface area (Å²) in [6, 6.07) is 7.97. The van der Waals surface area contributed by atoms with Gasteiger partial charge in [0.2, 0.25) is 0 Å². The first-order valence-corrected chi connectivity index (χ1v) is 7.42. The third-order valence-corrected chi connectivity index (χ3v) is 3.44. The van der Waals surface area contributed by atoms with Gasteiger partial charge in [0.1, 0.15) is 5.82 Å². The van der Waals surface area contributed by atoms with Gasteiger partial charge in [0, 0.05) is 5.69 Å². The number of carbonyl (C=O) groups excluding carboxylic acids is 2. The van der Waals surface area contributed by atoms with Gasteiger partial charge in [-0.05, 0) is 30.3 Å². The molecule has 24 heavy (non-hydrogen) atoms. The van der Waals surface area contributed by atoms with Crippen LogP contribution in [0.1, 0.15) is 10.4 Å². The maximum Gasteiger partial charge on any atom is 0.338 e. The molecule has 2 rings (SSSR count). The van der Waals surface area contributed by atoms with Gasteiger partial charge in [-0.2, -0.15) is 0 Å². The highest BCUT2D eigenvalue weighted by atomic mass is 35.5. The highest BCUT2D eigenvalue weighted by Crippen LogP contribution is 2.33. The molecule has 8 heteroatoms. The summed E-state index contributed by atoms with van der Waals surface area (Å²) < 4.78 is 22.9. The van der Waals surface area contributed by atoms with E-state index in [0.717, 1.165) is 6.07 Å². The molecule has 2 aromatic carbocycles. The first kappa shape index (κ1) is 18.0. The number of rotatable bonds is 5. The Morgan fingerprint density at radius 1 is 1.17 bits per heavy atom. The molecule has 0 aliphatic carbocycles. The van der Waals surface area contributed by atoms with Crippen LogP contribution in [0.15, 0.2) is 36.4 Å². The van der Waals surface area contributed by atoms with Crippen molar-refractivity contribution in [2.24, 2.45) is 0 Å². The number of hydrogen-bond acceptors (Lipinski definition) is 4. The van der Waals surface area contributed by atoms with Gasteiger partial charge in [-0.15, -0.1) is 0 Å². The van der Waals surface area contributed by atoms with Crippen LogP contribution in [0.25, 0.3) is 0 Å². The van der Waals surface area contributed by atoms with Gasteiger partial charge in [0.05, 0.1) is 22.7 Å². The zero-order chi connectivity index (χ0) is 17.7. The van der Waals surface area contributed by atoms with Gasteiger partial charge in [0.25, 0.3) is 5.91 Å². The van der Waals surface area contributed by atoms with E-state index in [1.165, 1.54) is 37.4 Å². The number of halogens is 3. The lowest BCUT2D eigenvalue weighted by molar-refractivity contribution is -0.119. The zero-order valence-corrected chi connectivity index (χ0v) is 13.9. The number of amides is 1. The largest absolute Gasteiger partial charge is 0.494 e. The number of methoxy groups -OCH3 is 1. The first-order chi connectivity index (χ1) is 11.4. The van der Waals surface area contributed by atoms with Gasteiger partial charge >= 0.3 is 5.97 Å². The summed E-state index contributed by atoms with van der Waals surface area (Å²) in [7, 11) is 1.39. The van der Waals surface area contributed by atoms with E-state index < -0.39 is 24.3 Å². The van der Waals surface area contributed by atoms with Crippen molar-refractivity contribution in [1.29, 1.82) is 0 Å². The summed E-state index contributed by atoms with van der Waals surface area (Å²) in [5.74, 6) is -1.65. The SMILES string of the molecule is COc1c(Cl)cc(C(=O)OCC(=O)Nc2cccc(F)c2)cc1Cl. The molecule has 0 saturated heterocycles. The maximum absolute atomic E-state index is 13.0. The molecule has 0 heterocycles. The second kappa shape index (κ2) is 7.99. The van der Waals surface area contributed by atoms with Crippen LogP contribution in [0, 0.1) is 5.82 Å². The lowest BCUT2D eigenvalue weighted by Gasteiger charge is -2.09. The molecule has 1 N–H and O–H groups in total. The van der Waals surface area contributed by atoms with Crippen molar-refractivity contribution in [1.82, 2.24) is 0 Å². The minimum Gasteiger partial charge on any atom is -0.494 e. The number of anilines is 1. The quantitative estimate of drug-likeness (QED) is 0.808. The summed E-state index contributed by atoms with van der Waals surface area (Å²) in [4.78, 5) is 23.7. The third-order valence-electron chi connectivity index (χ3n) is 2.88. The highest BCUT2D eigenvalue weighted by Gasteiger charge is 2.16. The van der Waals surface area contributed by atoms with E-state index in [1.54, 1.807) is 0 Å². The summed E-state index contributed by atoms with van der Waals surface area (Å²) in [5, 5.41) is 2.68. The molecule has 0 aliphatic rings. The molecule has 0 aliphatic heterocycles. The number of benzene rings is 2. The van der Waals surface area contributed by atoms with E-state index >= 15 is 0 Å². The van der Waals surface area contributed by atoms with Crippen molar-refractivity contribution in [3.63, 3.8) is 0 Å². The van der Waals surface area contributed by atoms with Crippen LogP contribution in [0.4, 0.5) is 10.1 Å². The minimum absolute atomic E-state index is 0.0735. The third kappa shape index (κ3) is 4.59. The lowest BCUT2D eigenvalue weighted by Crippen LogP contribution is -2.21. The van der Waals surface area contributed by atoms with Crippen LogP contribution in [0.2, 0.25) is 10.0 Å². The number of esters is 1. The van der Waals surface area contributed by atoms with Crippen LogP contribution >= 0.6 is 23.2 Å². The van der Waals surface area contributed by atoms with Crippen molar-refractivity contribution in [3.8, 4) is 5.75 Å². The van der Waals surface area contributed by atoms with Crippen molar-refractivity contribution in [3.05, 3.63) is 57.8 Å². The molecule has 0 unspecified atom stereocenters. The monoisotopic (exact) mass is 371 g/mol. The fourth-order valence-electron chi connectivity index (χ4n) is 1.85. The molecule has 0 atom stereocenters. The molecule has 0 aromatic heterocycles. The molecule has 2 aromatic rings. The molecule has 126 valence electrons. The summed E-state index contributed by atoms with van der Waals surface area (Å²) in [6.07, 6.45) is 0. The van der Waals surface area contributed by atoms with Crippen LogP contribution < -0.4 is 10.1 Å². The van der Waals surface area contributed by atoms with E-state index in [1.807, 2.05) is 0 Å². The Morgan fingerprint density at radius 2 is 1.83 bits per heavy atom. The Labute approximate surface area is 147 Å². The van der Waals surface area contributed by atoms with Crippen molar-refractivity contribution >= 4 is 40.8 Å². The molecule has 0 fully saturated rings. The Kier molecular flexibility index (Phi) is 6.00. The second-order valence-corrected chi connectivity index (χ2v) is 5.42. The van der Waals surface area contributed by atoms with E-state index in [9.17, 15) is 14.0 Å². The predicted molar refractivity (Wildman–Crippen MR) is 88.3 cm³/mol. The molecule has 0 bridgehead atoms. The predicted octanol–water partition coefficient (Wildman–Crippen LogP) is 3.94. The lowest BCUT2D eigenvalue weighted by atomic mass is 10.2. The molecule has 0 spiro atoms. The number of hydrogen-bond donors (Lipinski definition) is 1. The average Bonchev–Trinajstić information content (AvgIpc) is 2.52. The van der Waals surface area contributed by atoms with Gasteiger partial charge in [-0.25, -0.2) is 9.18 Å². The molecule has 5 nitrogen and oxygen atoms in total. The molecule has 0 radical (unpaired) electrons. The Hall–Kier alpha value is -2.31. The Bertz CT molecular complexity index is 759. The summed E-state index contributed by atoms with van der Waals surface area (Å²) in [6.45, 7) is -0.545. The summed E-state index contributed by atoms with van der Waals surface area (Å²) >= 11 is 11.9. The van der Waals surface area contributed by atoms with Crippen molar-refractivity contribution in [2.45, 2.75) is 0 Å². The smallest absolute Gasteiger partial charge is 0.338 e. The number of nitrogens with one attached hydrogen (secondary N) is 1. The standard InChI is InChI=1S/C16H12Cl2FNO4/c1-23-15-12(17)5-9(6-13(15)18)16(22)24-8-14(21)20-11-4-2-3-10(19)7-11/h2-7H,8H2,1H3,(H,20,21). The summed E-state index contributed by atoms with van der Waals surface area (Å²) in [5.41, 5.74) is 0.330. The fourth-order valence-corrected chi connectivity index (χ4v) is 2.49. The molecule has 0 saturated carbocycles. The van der Waals surface area contributed by atoms with Crippen molar-refractivity contribution in [2.75, 3.05) is 19.0 Å². The number of carbonyl (C=O) groups is 2. The van der Waals surface area contributed by atoms with Crippen LogP contribution in [-0.4, -0.2) is 25.6 Å². The minimum atomic E-state index is -0.782. The van der Waals surface area contributed by atoms with Gasteiger partial charge in [-0.1, -0.05) is 29.3 Å². The molecular formula is C16H12Cl2FNO4. The Morgan fingerprint density at radius 3 is 2.42 bits per heavy atom. The topological polar surface area (TPSA) is 64.6 Å². The normalized spacial score (nSPS) is 10.2. The fraction of sp³-hybridized carbons (Fsp3) is 0.125. The number of ether oxygens (including phenoxy) is 2. The van der Waals surface area contributed by atoms with Crippen LogP contribution in [0.5, 0.6) is 5.75 Å². The van der Waals surface area contributed by atoms with Gasteiger partial charge < -0.3 is 14.8 Å². The Balaban J connectivity index is 1.96. The molecule has 1 amide bonds. The highest BCUT2D eigenvalue weighted by molar-refractivity contribution is 6.37. The van der Waals surface area contributed by atoms with E-state index in [-0.39, 0.29) is 27.0 Å². The van der Waals surface area contributed by atoms with Crippen LogP contribution in [0.3, 0.4) is 0 Å². The van der Waals surface area contributed by atoms with E-state index in [0.29, 0.717) is 0 Å². The van der Waals surface area contributed by atoms with Crippen LogP contribution in [-0.2, 0) is 9.53 Å².